The van der Waals surface area contributed by atoms with E-state index in [1.165, 1.54) is 29.1 Å². The quantitative estimate of drug-likeness (QED) is 0.867. The van der Waals surface area contributed by atoms with Crippen molar-refractivity contribution in [3.05, 3.63) is 16.0 Å². The van der Waals surface area contributed by atoms with Gasteiger partial charge in [0.2, 0.25) is 0 Å². The third kappa shape index (κ3) is 3.43. The van der Waals surface area contributed by atoms with E-state index >= 15 is 0 Å². The average molecular weight is 336 g/mol. The van der Waals surface area contributed by atoms with Crippen LogP contribution >= 0.6 is 11.3 Å². The minimum atomic E-state index is -0.445. The van der Waals surface area contributed by atoms with Gasteiger partial charge >= 0.3 is 0 Å². The first-order valence-electron chi connectivity index (χ1n) is 8.47. The Hall–Kier alpha value is -1.40. The molecule has 0 aromatic carbocycles. The Morgan fingerprint density at radius 2 is 2.22 bits per heavy atom. The molecule has 1 aliphatic heterocycles. The molecule has 2 amide bonds. The van der Waals surface area contributed by atoms with E-state index in [0.29, 0.717) is 23.1 Å². The lowest BCUT2D eigenvalue weighted by Crippen LogP contribution is -2.27. The molecule has 2 aliphatic rings. The van der Waals surface area contributed by atoms with Crippen LogP contribution in [0.4, 0.5) is 5.00 Å². The lowest BCUT2D eigenvalue weighted by molar-refractivity contribution is -0.124. The molecule has 1 saturated heterocycles. The predicted octanol–water partition coefficient (Wildman–Crippen LogP) is 2.87. The number of carbonyl (C=O) groups excluding carboxylic acids is 2. The zero-order valence-electron chi connectivity index (χ0n) is 13.5. The van der Waals surface area contributed by atoms with Gasteiger partial charge in [-0.3, -0.25) is 9.59 Å². The summed E-state index contributed by atoms with van der Waals surface area (Å²) >= 11 is 1.52. The molecule has 126 valence electrons. The first kappa shape index (κ1) is 16.5. The van der Waals surface area contributed by atoms with Crippen molar-refractivity contribution in [2.75, 3.05) is 11.9 Å². The van der Waals surface area contributed by atoms with Crippen LogP contribution in [-0.2, 0) is 22.4 Å². The summed E-state index contributed by atoms with van der Waals surface area (Å²) in [7, 11) is 0. The van der Waals surface area contributed by atoms with Crippen molar-refractivity contribution >= 4 is 28.2 Å². The van der Waals surface area contributed by atoms with Gasteiger partial charge in [0, 0.05) is 11.5 Å². The highest BCUT2D eigenvalue weighted by molar-refractivity contribution is 7.17. The smallest absolute Gasteiger partial charge is 0.254 e. The second-order valence-electron chi connectivity index (χ2n) is 6.46. The summed E-state index contributed by atoms with van der Waals surface area (Å²) in [5, 5.41) is 3.50. The molecular formula is C17H24N2O3S. The Labute approximate surface area is 140 Å². The number of ether oxygens (including phenoxy) is 1. The van der Waals surface area contributed by atoms with E-state index in [-0.39, 0.29) is 5.91 Å². The largest absolute Gasteiger partial charge is 0.368 e. The second kappa shape index (κ2) is 7.01. The van der Waals surface area contributed by atoms with Crippen molar-refractivity contribution in [1.29, 1.82) is 0 Å². The highest BCUT2D eigenvalue weighted by atomic mass is 32.1. The number of nitrogens with one attached hydrogen (secondary N) is 1. The van der Waals surface area contributed by atoms with Crippen LogP contribution in [0.15, 0.2) is 0 Å². The molecule has 2 heterocycles. The number of fused-ring (bicyclic) bond motifs is 1. The molecule has 0 unspecified atom stereocenters. The molecule has 1 aliphatic carbocycles. The molecule has 0 radical (unpaired) electrons. The molecule has 0 bridgehead atoms. The highest BCUT2D eigenvalue weighted by Crippen LogP contribution is 2.40. The van der Waals surface area contributed by atoms with Gasteiger partial charge in [0.15, 0.2) is 0 Å². The van der Waals surface area contributed by atoms with Crippen LogP contribution in [0.5, 0.6) is 0 Å². The maximum absolute atomic E-state index is 12.3. The first-order valence-corrected chi connectivity index (χ1v) is 9.28. The number of primary amides is 1. The topological polar surface area (TPSA) is 81.4 Å². The van der Waals surface area contributed by atoms with Crippen LogP contribution in [-0.4, -0.2) is 24.5 Å². The van der Waals surface area contributed by atoms with Gasteiger partial charge in [0.1, 0.15) is 11.1 Å². The summed E-state index contributed by atoms with van der Waals surface area (Å²) in [5.41, 5.74) is 7.16. The van der Waals surface area contributed by atoms with Crippen LogP contribution in [0.1, 0.15) is 59.8 Å². The predicted molar refractivity (Wildman–Crippen MR) is 90.9 cm³/mol. The van der Waals surface area contributed by atoms with Gasteiger partial charge in [0.05, 0.1) is 5.56 Å². The zero-order valence-corrected chi connectivity index (χ0v) is 14.3. The van der Waals surface area contributed by atoms with Crippen LogP contribution < -0.4 is 11.1 Å². The number of thiophene rings is 1. The fourth-order valence-corrected chi connectivity index (χ4v) is 5.00. The second-order valence-corrected chi connectivity index (χ2v) is 7.57. The Morgan fingerprint density at radius 3 is 2.87 bits per heavy atom. The van der Waals surface area contributed by atoms with Crippen molar-refractivity contribution in [3.63, 3.8) is 0 Å². The Morgan fingerprint density at radius 1 is 1.39 bits per heavy atom. The monoisotopic (exact) mass is 336 g/mol. The Kier molecular flexibility index (Phi) is 5.02. The SMILES string of the molecule is CCC[C@@H]1CCc2c(sc(NC(=O)[C@@H]3CCCO3)c2C(N)=O)C1. The van der Waals surface area contributed by atoms with Gasteiger partial charge in [0.25, 0.3) is 11.8 Å². The fourth-order valence-electron chi connectivity index (χ4n) is 3.63. The van der Waals surface area contributed by atoms with Gasteiger partial charge in [-0.05, 0) is 43.6 Å². The van der Waals surface area contributed by atoms with Crippen molar-refractivity contribution in [2.24, 2.45) is 11.7 Å². The number of rotatable bonds is 5. The maximum Gasteiger partial charge on any atom is 0.254 e. The Bertz CT molecular complexity index is 605. The van der Waals surface area contributed by atoms with Gasteiger partial charge in [-0.15, -0.1) is 11.3 Å². The number of hydrogen-bond acceptors (Lipinski definition) is 4. The summed E-state index contributed by atoms with van der Waals surface area (Å²) in [6.07, 6.45) is 6.59. The lowest BCUT2D eigenvalue weighted by Gasteiger charge is -2.21. The van der Waals surface area contributed by atoms with Crippen LogP contribution in [0.2, 0.25) is 0 Å². The van der Waals surface area contributed by atoms with Crippen LogP contribution in [0.25, 0.3) is 0 Å². The molecular weight excluding hydrogens is 312 g/mol. The molecule has 0 spiro atoms. The van der Waals surface area contributed by atoms with Crippen molar-refractivity contribution in [2.45, 2.75) is 58.0 Å². The molecule has 3 rings (SSSR count). The molecule has 1 aromatic heterocycles. The van der Waals surface area contributed by atoms with Gasteiger partial charge in [-0.1, -0.05) is 19.8 Å². The minimum absolute atomic E-state index is 0.159. The van der Waals surface area contributed by atoms with E-state index in [1.807, 2.05) is 0 Å². The number of carbonyl (C=O) groups is 2. The molecule has 6 heteroatoms. The molecule has 0 saturated carbocycles. The minimum Gasteiger partial charge on any atom is -0.368 e. The first-order chi connectivity index (χ1) is 11.1. The Balaban J connectivity index is 1.82. The normalized spacial score (nSPS) is 23.5. The highest BCUT2D eigenvalue weighted by Gasteiger charge is 2.30. The van der Waals surface area contributed by atoms with Gasteiger partial charge in [-0.2, -0.15) is 0 Å². The molecule has 1 aromatic rings. The summed E-state index contributed by atoms with van der Waals surface area (Å²) in [4.78, 5) is 25.4. The number of hydrogen-bond donors (Lipinski definition) is 2. The summed E-state index contributed by atoms with van der Waals surface area (Å²) in [6.45, 7) is 2.83. The van der Waals surface area contributed by atoms with E-state index in [0.717, 1.165) is 37.7 Å². The lowest BCUT2D eigenvalue weighted by atomic mass is 9.84. The van der Waals surface area contributed by atoms with Crippen LogP contribution in [0.3, 0.4) is 0 Å². The van der Waals surface area contributed by atoms with E-state index in [4.69, 9.17) is 10.5 Å². The van der Waals surface area contributed by atoms with Crippen molar-refractivity contribution in [3.8, 4) is 0 Å². The summed E-state index contributed by atoms with van der Waals surface area (Å²) in [6, 6.07) is 0. The molecule has 5 nitrogen and oxygen atoms in total. The van der Waals surface area contributed by atoms with Crippen LogP contribution in [0, 0.1) is 5.92 Å². The van der Waals surface area contributed by atoms with E-state index < -0.39 is 12.0 Å². The van der Waals surface area contributed by atoms with E-state index in [1.54, 1.807) is 0 Å². The van der Waals surface area contributed by atoms with Gasteiger partial charge < -0.3 is 15.8 Å². The van der Waals surface area contributed by atoms with Crippen molar-refractivity contribution in [1.82, 2.24) is 0 Å². The standard InChI is InChI=1S/C17H24N2O3S/c1-2-4-10-6-7-11-13(9-10)23-17(14(11)15(18)20)19-16(21)12-5-3-8-22-12/h10,12H,2-9H2,1H3,(H2,18,20)(H,19,21)/t10-,12+/m1/s1. The third-order valence-corrected chi connectivity index (χ3v) is 5.94. The molecule has 23 heavy (non-hydrogen) atoms. The maximum atomic E-state index is 12.3. The fraction of sp³-hybridized carbons (Fsp3) is 0.647. The van der Waals surface area contributed by atoms with E-state index in [9.17, 15) is 9.59 Å². The molecule has 3 N–H and O–H groups in total. The molecule has 1 fully saturated rings. The molecule has 2 atom stereocenters. The average Bonchev–Trinajstić information content (AvgIpc) is 3.14. The van der Waals surface area contributed by atoms with Crippen molar-refractivity contribution < 1.29 is 14.3 Å². The third-order valence-electron chi connectivity index (χ3n) is 4.77. The number of amides is 2. The number of nitrogens with two attached hydrogens (primary N) is 1. The summed E-state index contributed by atoms with van der Waals surface area (Å²) < 4.78 is 5.41. The number of anilines is 1. The zero-order chi connectivity index (χ0) is 16.4. The summed E-state index contributed by atoms with van der Waals surface area (Å²) in [5.74, 6) is 0.0707. The van der Waals surface area contributed by atoms with Gasteiger partial charge in [-0.25, -0.2) is 0 Å². The van der Waals surface area contributed by atoms with E-state index in [2.05, 4.69) is 12.2 Å².